The van der Waals surface area contributed by atoms with Crippen LogP contribution in [0.5, 0.6) is 5.75 Å². The normalized spacial score (nSPS) is 10.5. The smallest absolute Gasteiger partial charge is 0.259 e. The molecule has 1 amide bonds. The van der Waals surface area contributed by atoms with Gasteiger partial charge in [-0.2, -0.15) is 0 Å². The summed E-state index contributed by atoms with van der Waals surface area (Å²) in [5.74, 6) is -2.13. The highest BCUT2D eigenvalue weighted by molar-refractivity contribution is 9.10. The molecular weight excluding hydrogens is 437 g/mol. The first-order valence-electron chi connectivity index (χ1n) is 7.75. The van der Waals surface area contributed by atoms with Crippen LogP contribution >= 0.6 is 27.5 Å². The summed E-state index contributed by atoms with van der Waals surface area (Å²) in [6.45, 7) is 0. The van der Waals surface area contributed by atoms with Gasteiger partial charge in [0.2, 0.25) is 0 Å². The van der Waals surface area contributed by atoms with E-state index in [4.69, 9.17) is 11.6 Å². The lowest BCUT2D eigenvalue weighted by Crippen LogP contribution is -2.13. The number of hydrogen-bond donors (Lipinski definition) is 2. The second-order valence-electron chi connectivity index (χ2n) is 5.63. The fourth-order valence-electron chi connectivity index (χ4n) is 2.46. The lowest BCUT2D eigenvalue weighted by Gasteiger charge is -2.10. The molecule has 0 spiro atoms. The van der Waals surface area contributed by atoms with Crippen molar-refractivity contribution in [1.82, 2.24) is 0 Å². The minimum absolute atomic E-state index is 0.0605. The van der Waals surface area contributed by atoms with Gasteiger partial charge < -0.3 is 10.4 Å². The first-order chi connectivity index (χ1) is 12.9. The Balaban J connectivity index is 1.91. The molecule has 0 heterocycles. The maximum atomic E-state index is 14.1. The lowest BCUT2D eigenvalue weighted by molar-refractivity contribution is 0.101. The van der Waals surface area contributed by atoms with E-state index in [9.17, 15) is 19.1 Å². The standard InChI is InChI=1S/C20H12BrClFNO3/c21-16-9-12(22)8-15(19(16)26)20(27)24-13-6-7-17(23)14(10-13)18(25)11-4-2-1-3-5-11/h1-10,26H,(H,24,27). The maximum absolute atomic E-state index is 14.1. The van der Waals surface area contributed by atoms with Crippen molar-refractivity contribution in [2.24, 2.45) is 0 Å². The van der Waals surface area contributed by atoms with Crippen LogP contribution in [0.3, 0.4) is 0 Å². The Morgan fingerprint density at radius 2 is 1.70 bits per heavy atom. The molecule has 3 aromatic carbocycles. The molecule has 0 bridgehead atoms. The van der Waals surface area contributed by atoms with Gasteiger partial charge in [0, 0.05) is 16.3 Å². The largest absolute Gasteiger partial charge is 0.506 e. The minimum atomic E-state index is -0.699. The summed E-state index contributed by atoms with van der Waals surface area (Å²) >= 11 is 9.02. The second-order valence-corrected chi connectivity index (χ2v) is 6.92. The molecule has 7 heteroatoms. The number of carbonyl (C=O) groups excluding carboxylic acids is 2. The van der Waals surface area contributed by atoms with Gasteiger partial charge in [-0.25, -0.2) is 4.39 Å². The van der Waals surface area contributed by atoms with Crippen LogP contribution in [0.25, 0.3) is 0 Å². The molecule has 0 saturated heterocycles. The first kappa shape index (κ1) is 19.1. The first-order valence-corrected chi connectivity index (χ1v) is 8.92. The van der Waals surface area contributed by atoms with Crippen molar-refractivity contribution < 1.29 is 19.1 Å². The predicted octanol–water partition coefficient (Wildman–Crippen LogP) is 5.43. The molecule has 0 aliphatic rings. The number of halogens is 3. The van der Waals surface area contributed by atoms with Gasteiger partial charge in [0.05, 0.1) is 15.6 Å². The number of nitrogens with one attached hydrogen (secondary N) is 1. The van der Waals surface area contributed by atoms with Gasteiger partial charge in [-0.1, -0.05) is 41.9 Å². The molecule has 3 aromatic rings. The van der Waals surface area contributed by atoms with Crippen LogP contribution in [0.15, 0.2) is 65.1 Å². The number of anilines is 1. The number of phenols is 1. The van der Waals surface area contributed by atoms with Gasteiger partial charge in [-0.05, 0) is 46.3 Å². The summed E-state index contributed by atoms with van der Waals surface area (Å²) in [5.41, 5.74) is 0.303. The monoisotopic (exact) mass is 447 g/mol. The molecule has 0 aliphatic carbocycles. The lowest BCUT2D eigenvalue weighted by atomic mass is 10.0. The molecule has 136 valence electrons. The zero-order valence-electron chi connectivity index (χ0n) is 13.7. The van der Waals surface area contributed by atoms with Crippen molar-refractivity contribution in [3.05, 3.63) is 92.7 Å². The number of phenolic OH excluding ortho intramolecular Hbond substituents is 1. The Morgan fingerprint density at radius 3 is 2.41 bits per heavy atom. The summed E-state index contributed by atoms with van der Waals surface area (Å²) in [6.07, 6.45) is 0. The van der Waals surface area contributed by atoms with E-state index in [1.165, 1.54) is 24.3 Å². The van der Waals surface area contributed by atoms with Gasteiger partial charge in [0.1, 0.15) is 11.6 Å². The quantitative estimate of drug-likeness (QED) is 0.523. The van der Waals surface area contributed by atoms with Gasteiger partial charge in [-0.15, -0.1) is 0 Å². The Kier molecular flexibility index (Phi) is 5.58. The van der Waals surface area contributed by atoms with Crippen molar-refractivity contribution in [3.63, 3.8) is 0 Å². The van der Waals surface area contributed by atoms with Crippen molar-refractivity contribution in [3.8, 4) is 5.75 Å². The zero-order valence-corrected chi connectivity index (χ0v) is 16.0. The molecule has 2 N–H and O–H groups in total. The molecule has 0 saturated carbocycles. The van der Waals surface area contributed by atoms with Crippen LogP contribution in [0.1, 0.15) is 26.3 Å². The summed E-state index contributed by atoms with van der Waals surface area (Å²) in [6, 6.07) is 14.7. The fraction of sp³-hybridized carbons (Fsp3) is 0. The predicted molar refractivity (Wildman–Crippen MR) is 105 cm³/mol. The Hall–Kier alpha value is -2.70. The van der Waals surface area contributed by atoms with Crippen LogP contribution in [-0.2, 0) is 0 Å². The molecule has 0 radical (unpaired) electrons. The Morgan fingerprint density at radius 1 is 1.00 bits per heavy atom. The topological polar surface area (TPSA) is 66.4 Å². The molecule has 0 atom stereocenters. The second kappa shape index (κ2) is 7.90. The zero-order chi connectivity index (χ0) is 19.6. The average molecular weight is 449 g/mol. The van der Waals surface area contributed by atoms with Crippen LogP contribution in [0, 0.1) is 5.82 Å². The van der Waals surface area contributed by atoms with Crippen molar-refractivity contribution in [2.75, 3.05) is 5.32 Å². The van der Waals surface area contributed by atoms with Crippen LogP contribution in [0.4, 0.5) is 10.1 Å². The molecule has 0 unspecified atom stereocenters. The molecule has 0 aromatic heterocycles. The molecule has 4 nitrogen and oxygen atoms in total. The number of aromatic hydroxyl groups is 1. The van der Waals surface area contributed by atoms with E-state index in [0.717, 1.165) is 6.07 Å². The van der Waals surface area contributed by atoms with Crippen LogP contribution in [0.2, 0.25) is 5.02 Å². The number of amides is 1. The number of carbonyl (C=O) groups is 2. The Labute approximate surface area is 167 Å². The van der Waals surface area contributed by atoms with Crippen LogP contribution in [-0.4, -0.2) is 16.8 Å². The summed E-state index contributed by atoms with van der Waals surface area (Å²) in [5, 5.41) is 12.8. The van der Waals surface area contributed by atoms with E-state index in [0.29, 0.717) is 5.56 Å². The highest BCUT2D eigenvalue weighted by Crippen LogP contribution is 2.32. The molecular formula is C20H12BrClFNO3. The van der Waals surface area contributed by atoms with Gasteiger partial charge in [0.25, 0.3) is 5.91 Å². The number of rotatable bonds is 4. The third kappa shape index (κ3) is 4.18. The van der Waals surface area contributed by atoms with E-state index < -0.39 is 17.5 Å². The van der Waals surface area contributed by atoms with E-state index in [1.807, 2.05) is 0 Å². The molecule has 0 fully saturated rings. The Bertz CT molecular complexity index is 1040. The fourth-order valence-corrected chi connectivity index (χ4v) is 3.27. The molecule has 3 rings (SSSR count). The molecule has 27 heavy (non-hydrogen) atoms. The van der Waals surface area contributed by atoms with Crippen molar-refractivity contribution in [1.29, 1.82) is 0 Å². The van der Waals surface area contributed by atoms with E-state index >= 15 is 0 Å². The third-order valence-corrected chi connectivity index (χ3v) is 4.60. The van der Waals surface area contributed by atoms with Crippen LogP contribution < -0.4 is 5.32 Å². The van der Waals surface area contributed by atoms with Gasteiger partial charge >= 0.3 is 0 Å². The summed E-state index contributed by atoms with van der Waals surface area (Å²) in [7, 11) is 0. The van der Waals surface area contributed by atoms with Gasteiger partial charge in [0.15, 0.2) is 5.78 Å². The van der Waals surface area contributed by atoms with E-state index in [1.54, 1.807) is 30.3 Å². The number of ketones is 1. The third-order valence-electron chi connectivity index (χ3n) is 3.78. The van der Waals surface area contributed by atoms with Crippen molar-refractivity contribution in [2.45, 2.75) is 0 Å². The molecule has 0 aliphatic heterocycles. The maximum Gasteiger partial charge on any atom is 0.259 e. The van der Waals surface area contributed by atoms with Gasteiger partial charge in [-0.3, -0.25) is 9.59 Å². The van der Waals surface area contributed by atoms with E-state index in [2.05, 4.69) is 21.2 Å². The highest BCUT2D eigenvalue weighted by Gasteiger charge is 2.18. The SMILES string of the molecule is O=C(c1ccccc1)c1cc(NC(=O)c2cc(Cl)cc(Br)c2O)ccc1F. The van der Waals surface area contributed by atoms with E-state index in [-0.39, 0.29) is 32.1 Å². The highest BCUT2D eigenvalue weighted by atomic mass is 79.9. The number of hydrogen-bond acceptors (Lipinski definition) is 3. The summed E-state index contributed by atoms with van der Waals surface area (Å²) in [4.78, 5) is 24.9. The number of benzene rings is 3. The average Bonchev–Trinajstić information content (AvgIpc) is 2.66. The summed E-state index contributed by atoms with van der Waals surface area (Å²) < 4.78 is 14.4. The minimum Gasteiger partial charge on any atom is -0.506 e. The van der Waals surface area contributed by atoms with Crippen molar-refractivity contribution >= 4 is 44.9 Å².